The normalized spacial score (nSPS) is 27.0. The Hall–Kier alpha value is -2.72. The second-order valence-corrected chi connectivity index (χ2v) is 10.7. The molecule has 0 aliphatic carbocycles. The Bertz CT molecular complexity index is 1150. The molecule has 0 saturated carbocycles. The molecule has 8 nitrogen and oxygen atoms in total. The van der Waals surface area contributed by atoms with Gasteiger partial charge in [0.25, 0.3) is 0 Å². The summed E-state index contributed by atoms with van der Waals surface area (Å²) in [4.78, 5) is 0. The van der Waals surface area contributed by atoms with Crippen LogP contribution in [0.25, 0.3) is 0 Å². The Morgan fingerprint density at radius 1 is 0.897 bits per heavy atom. The van der Waals surface area contributed by atoms with E-state index in [0.717, 1.165) is 16.9 Å². The topological polar surface area (TPSA) is 88.8 Å². The van der Waals surface area contributed by atoms with Crippen molar-refractivity contribution in [3.63, 3.8) is 0 Å². The highest BCUT2D eigenvalue weighted by Crippen LogP contribution is 2.44. The molecule has 0 bridgehead atoms. The van der Waals surface area contributed by atoms with Gasteiger partial charge in [-0.25, -0.2) is 0 Å². The number of hydrogen-bond donors (Lipinski definition) is 1. The summed E-state index contributed by atoms with van der Waals surface area (Å²) >= 11 is 0. The largest absolute Gasteiger partial charge is 0.497 e. The summed E-state index contributed by atoms with van der Waals surface area (Å²) in [6.07, 6.45) is 0.300. The van der Waals surface area contributed by atoms with Gasteiger partial charge in [0.05, 0.1) is 45.9 Å². The molecule has 0 radical (unpaired) electrons. The molecule has 2 fully saturated rings. The van der Waals surface area contributed by atoms with E-state index < -0.39 is 23.6 Å². The molecule has 8 heteroatoms. The van der Waals surface area contributed by atoms with Crippen molar-refractivity contribution in [2.24, 2.45) is 0 Å². The van der Waals surface area contributed by atoms with Crippen LogP contribution in [0.1, 0.15) is 49.7 Å². The number of aliphatic hydroxyl groups is 1. The van der Waals surface area contributed by atoms with Crippen LogP contribution in [0.3, 0.4) is 0 Å². The van der Waals surface area contributed by atoms with Crippen molar-refractivity contribution >= 4 is 0 Å². The van der Waals surface area contributed by atoms with E-state index in [-0.39, 0.29) is 18.6 Å². The quantitative estimate of drug-likeness (QED) is 0.337. The van der Waals surface area contributed by atoms with Gasteiger partial charge in [-0.05, 0) is 49.2 Å². The Morgan fingerprint density at radius 2 is 1.64 bits per heavy atom. The van der Waals surface area contributed by atoms with Crippen LogP contribution in [0, 0.1) is 0 Å². The average molecular weight is 539 g/mol. The lowest BCUT2D eigenvalue weighted by molar-refractivity contribution is -0.167. The first-order valence-electron chi connectivity index (χ1n) is 13.4. The Balaban J connectivity index is 1.41. The van der Waals surface area contributed by atoms with Crippen LogP contribution >= 0.6 is 0 Å². The third-order valence-corrected chi connectivity index (χ3v) is 7.34. The number of hydrogen-bond acceptors (Lipinski definition) is 8. The molecule has 1 N–H and O–H groups in total. The molecular formula is C31H38O8. The number of methoxy groups -OCH3 is 1. The van der Waals surface area contributed by atoms with E-state index in [1.807, 2.05) is 68.4 Å². The average Bonchev–Trinajstić information content (AvgIpc) is 3.67. The van der Waals surface area contributed by atoms with E-state index in [1.54, 1.807) is 25.5 Å². The molecule has 3 aromatic rings. The van der Waals surface area contributed by atoms with Gasteiger partial charge >= 0.3 is 0 Å². The predicted octanol–water partition coefficient (Wildman–Crippen LogP) is 5.19. The molecule has 0 spiro atoms. The van der Waals surface area contributed by atoms with Gasteiger partial charge in [-0.3, -0.25) is 0 Å². The van der Waals surface area contributed by atoms with Crippen LogP contribution < -0.4 is 4.74 Å². The van der Waals surface area contributed by atoms with Crippen LogP contribution in [0.2, 0.25) is 0 Å². The second kappa shape index (κ2) is 12.2. The van der Waals surface area contributed by atoms with Crippen molar-refractivity contribution in [3.05, 3.63) is 89.9 Å². The Morgan fingerprint density at radius 3 is 2.31 bits per heavy atom. The third-order valence-electron chi connectivity index (χ3n) is 7.34. The summed E-state index contributed by atoms with van der Waals surface area (Å²) < 4.78 is 42.5. The maximum absolute atomic E-state index is 11.2. The molecule has 2 saturated heterocycles. The highest BCUT2D eigenvalue weighted by atomic mass is 16.7. The molecule has 1 aromatic heterocycles. The van der Waals surface area contributed by atoms with Crippen LogP contribution in [-0.4, -0.2) is 55.1 Å². The van der Waals surface area contributed by atoms with Crippen molar-refractivity contribution in [2.75, 3.05) is 20.3 Å². The van der Waals surface area contributed by atoms with Gasteiger partial charge in [-0.1, -0.05) is 42.5 Å². The van der Waals surface area contributed by atoms with Crippen molar-refractivity contribution in [1.29, 1.82) is 0 Å². The smallest absolute Gasteiger partial charge is 0.163 e. The second-order valence-electron chi connectivity index (χ2n) is 10.7. The zero-order valence-electron chi connectivity index (χ0n) is 22.8. The summed E-state index contributed by atoms with van der Waals surface area (Å²) in [7, 11) is 1.64. The fourth-order valence-electron chi connectivity index (χ4n) is 5.43. The molecule has 0 amide bonds. The highest BCUT2D eigenvalue weighted by Gasteiger charge is 2.55. The minimum Gasteiger partial charge on any atom is -0.497 e. The van der Waals surface area contributed by atoms with Crippen LogP contribution in [0.4, 0.5) is 0 Å². The summed E-state index contributed by atoms with van der Waals surface area (Å²) in [6.45, 7) is 5.31. The summed E-state index contributed by atoms with van der Waals surface area (Å²) in [5.41, 5.74) is 1.15. The molecule has 5 atom stereocenters. The van der Waals surface area contributed by atoms with Crippen molar-refractivity contribution in [3.8, 4) is 5.75 Å². The predicted molar refractivity (Wildman–Crippen MR) is 143 cm³/mol. The number of ether oxygens (including phenoxy) is 6. The minimum absolute atomic E-state index is 0.233. The van der Waals surface area contributed by atoms with Crippen molar-refractivity contribution < 1.29 is 37.9 Å². The van der Waals surface area contributed by atoms with Gasteiger partial charge < -0.3 is 37.9 Å². The number of aliphatic hydroxyl groups excluding tert-OH is 1. The molecule has 39 heavy (non-hydrogen) atoms. The van der Waals surface area contributed by atoms with E-state index >= 15 is 0 Å². The first-order valence-corrected chi connectivity index (χ1v) is 13.4. The molecular weight excluding hydrogens is 500 g/mol. The van der Waals surface area contributed by atoms with Gasteiger partial charge in [0, 0.05) is 12.8 Å². The van der Waals surface area contributed by atoms with E-state index in [1.165, 1.54) is 0 Å². The van der Waals surface area contributed by atoms with E-state index in [2.05, 4.69) is 0 Å². The number of rotatable bonds is 12. The summed E-state index contributed by atoms with van der Waals surface area (Å²) in [5, 5.41) is 11.2. The zero-order valence-corrected chi connectivity index (χ0v) is 22.8. The first-order chi connectivity index (χ1) is 18.9. The van der Waals surface area contributed by atoms with Gasteiger partial charge in [-0.15, -0.1) is 0 Å². The molecule has 2 aliphatic heterocycles. The van der Waals surface area contributed by atoms with Crippen molar-refractivity contribution in [1.82, 2.24) is 0 Å². The lowest BCUT2D eigenvalue weighted by Crippen LogP contribution is -2.49. The van der Waals surface area contributed by atoms with Gasteiger partial charge in [0.2, 0.25) is 0 Å². The standard InChI is InChI=1S/C31H38O8/c1-30(2)37-20-25(39-30)16-31(17-26(32)27-10-7-15-34-27)29(36-19-23-11-13-24(33-3)14-12-23)28(21-38-31)35-18-22-8-5-4-6-9-22/h4-15,25-26,28-29,32H,16-21H2,1-3H3/t25-,26?,28?,29?,31?/m1/s1. The summed E-state index contributed by atoms with van der Waals surface area (Å²) in [6, 6.07) is 21.3. The maximum Gasteiger partial charge on any atom is 0.163 e. The number of benzene rings is 2. The molecule has 5 rings (SSSR count). The van der Waals surface area contributed by atoms with E-state index in [4.69, 9.17) is 32.8 Å². The van der Waals surface area contributed by atoms with Gasteiger partial charge in [-0.2, -0.15) is 0 Å². The van der Waals surface area contributed by atoms with Gasteiger partial charge in [0.15, 0.2) is 5.79 Å². The van der Waals surface area contributed by atoms with Crippen LogP contribution in [0.5, 0.6) is 5.75 Å². The zero-order chi connectivity index (χ0) is 27.3. The van der Waals surface area contributed by atoms with Crippen LogP contribution in [0.15, 0.2) is 77.4 Å². The van der Waals surface area contributed by atoms with Crippen molar-refractivity contribution in [2.45, 2.75) is 75.7 Å². The molecule has 2 aliphatic rings. The van der Waals surface area contributed by atoms with E-state index in [0.29, 0.717) is 38.6 Å². The molecule has 4 unspecified atom stereocenters. The Labute approximate surface area is 229 Å². The highest BCUT2D eigenvalue weighted by molar-refractivity contribution is 5.26. The fourth-order valence-corrected chi connectivity index (χ4v) is 5.43. The minimum atomic E-state index is -0.908. The lowest BCUT2D eigenvalue weighted by Gasteiger charge is -2.38. The first kappa shape index (κ1) is 27.8. The fraction of sp³-hybridized carbons (Fsp3) is 0.484. The summed E-state index contributed by atoms with van der Waals surface area (Å²) in [5.74, 6) is 0.570. The maximum atomic E-state index is 11.2. The molecule has 2 aromatic carbocycles. The molecule has 3 heterocycles. The lowest BCUT2D eigenvalue weighted by atomic mass is 9.83. The van der Waals surface area contributed by atoms with Crippen LogP contribution in [-0.2, 0) is 36.9 Å². The van der Waals surface area contributed by atoms with Gasteiger partial charge in [0.1, 0.15) is 35.4 Å². The Kier molecular flexibility index (Phi) is 8.71. The van der Waals surface area contributed by atoms with E-state index in [9.17, 15) is 5.11 Å². The number of furan rings is 1. The SMILES string of the molecule is COc1ccc(COC2C(OCc3ccccc3)COC2(CC(O)c2ccco2)C[C@@H]2COC(C)(C)O2)cc1. The monoisotopic (exact) mass is 538 g/mol. The third kappa shape index (κ3) is 6.90. The molecule has 210 valence electrons.